The first-order valence-electron chi connectivity index (χ1n) is 19.1. The number of phosphoric ester groups is 1. The monoisotopic (exact) mass is 758 g/mol. The van der Waals surface area contributed by atoms with Crippen molar-refractivity contribution in [3.63, 3.8) is 0 Å². The van der Waals surface area contributed by atoms with Gasteiger partial charge in [0.05, 0.1) is 13.2 Å². The van der Waals surface area contributed by atoms with Crippen LogP contribution in [0.25, 0.3) is 0 Å². The van der Waals surface area contributed by atoms with E-state index in [1.54, 1.807) is 0 Å². The molecule has 0 spiro atoms. The van der Waals surface area contributed by atoms with Gasteiger partial charge in [-0.05, 0) is 51.4 Å². The van der Waals surface area contributed by atoms with Gasteiger partial charge in [-0.25, -0.2) is 4.57 Å². The molecule has 0 saturated heterocycles. The molecule has 12 nitrogen and oxygen atoms in total. The smallest absolute Gasteiger partial charge is 0.457 e. The summed E-state index contributed by atoms with van der Waals surface area (Å²) in [6, 6.07) is 0. The molecule has 0 amide bonds. The van der Waals surface area contributed by atoms with Crippen LogP contribution in [0, 0.1) is 0 Å². The van der Waals surface area contributed by atoms with Crippen LogP contribution >= 0.6 is 7.82 Å². The molecule has 1 fully saturated rings. The van der Waals surface area contributed by atoms with E-state index in [4.69, 9.17) is 18.5 Å². The molecule has 0 heterocycles. The van der Waals surface area contributed by atoms with E-state index in [-0.39, 0.29) is 13.0 Å². The minimum absolute atomic E-state index is 0.102. The minimum atomic E-state index is -5.02. The predicted molar refractivity (Wildman–Crippen MR) is 202 cm³/mol. The summed E-state index contributed by atoms with van der Waals surface area (Å²) in [5.74, 6) is -0.538. The standard InChI is InChI=1S/C39H67O12P/c1-3-5-7-9-11-13-14-15-16-17-18-19-20-21-22-24-26-28-33(40)50-32(30-48-29-27-25-23-12-10-8-6-4-2)31-49-52(46,47)51-39-37(44)35(42)34(41)36(43)38(39)45/h5,7,11,13,15-16,18-19,21-22,32,34-39,41-45H,3-4,6,8-10,12,14,17,20,23-31H2,1-2H3,(H,46,47)/b7-5-,13-11-,16-15-,19-18-,22-21-. The van der Waals surface area contributed by atoms with Gasteiger partial charge < -0.3 is 39.9 Å². The van der Waals surface area contributed by atoms with Crippen LogP contribution in [0.5, 0.6) is 0 Å². The van der Waals surface area contributed by atoms with Crippen LogP contribution < -0.4 is 0 Å². The minimum Gasteiger partial charge on any atom is -0.457 e. The van der Waals surface area contributed by atoms with E-state index in [1.165, 1.54) is 25.7 Å². The molecule has 0 aromatic heterocycles. The Kier molecular flexibility index (Phi) is 28.1. The summed E-state index contributed by atoms with van der Waals surface area (Å²) in [4.78, 5) is 22.9. The van der Waals surface area contributed by atoms with Crippen LogP contribution in [0.3, 0.4) is 0 Å². The maximum atomic E-state index is 12.7. The van der Waals surface area contributed by atoms with Crippen LogP contribution in [-0.2, 0) is 27.9 Å². The van der Waals surface area contributed by atoms with E-state index in [1.807, 2.05) is 12.2 Å². The lowest BCUT2D eigenvalue weighted by Gasteiger charge is -2.41. The van der Waals surface area contributed by atoms with E-state index in [0.717, 1.165) is 57.8 Å². The Labute approximate surface area is 311 Å². The lowest BCUT2D eigenvalue weighted by atomic mass is 9.85. The molecule has 1 aliphatic rings. The zero-order valence-electron chi connectivity index (χ0n) is 31.3. The first-order valence-corrected chi connectivity index (χ1v) is 20.6. The second-order valence-corrected chi connectivity index (χ2v) is 14.5. The molecule has 0 aliphatic heterocycles. The number of phosphoric acid groups is 1. The summed E-state index contributed by atoms with van der Waals surface area (Å²) in [5, 5.41) is 49.9. The van der Waals surface area contributed by atoms with Crippen molar-refractivity contribution in [3.8, 4) is 0 Å². The Morgan fingerprint density at radius 3 is 1.65 bits per heavy atom. The number of aliphatic hydroxyl groups excluding tert-OH is 5. The van der Waals surface area contributed by atoms with Gasteiger partial charge in [0.15, 0.2) is 0 Å². The molecule has 1 rings (SSSR count). The van der Waals surface area contributed by atoms with Crippen molar-refractivity contribution in [3.05, 3.63) is 60.8 Å². The third kappa shape index (κ3) is 23.0. The van der Waals surface area contributed by atoms with Gasteiger partial charge in [0.1, 0.15) is 42.7 Å². The normalized spacial score (nSPS) is 24.5. The second-order valence-electron chi connectivity index (χ2n) is 13.0. The third-order valence-electron chi connectivity index (χ3n) is 8.40. The lowest BCUT2D eigenvalue weighted by molar-refractivity contribution is -0.220. The maximum absolute atomic E-state index is 12.7. The van der Waals surface area contributed by atoms with Crippen LogP contribution in [0.15, 0.2) is 60.8 Å². The van der Waals surface area contributed by atoms with Crippen LogP contribution in [0.1, 0.15) is 117 Å². The average molecular weight is 759 g/mol. The Morgan fingerprint density at radius 2 is 1.12 bits per heavy atom. The summed E-state index contributed by atoms with van der Waals surface area (Å²) in [6.07, 6.45) is 23.2. The first-order chi connectivity index (χ1) is 25.0. The van der Waals surface area contributed by atoms with Crippen molar-refractivity contribution in [2.24, 2.45) is 0 Å². The predicted octanol–water partition coefficient (Wildman–Crippen LogP) is 6.30. The average Bonchev–Trinajstić information content (AvgIpc) is 3.12. The largest absolute Gasteiger partial charge is 0.472 e. The van der Waals surface area contributed by atoms with Gasteiger partial charge in [-0.1, -0.05) is 120 Å². The fraction of sp³-hybridized carbons (Fsp3) is 0.718. The Hall–Kier alpha value is -1.96. The molecule has 13 heteroatoms. The highest BCUT2D eigenvalue weighted by Crippen LogP contribution is 2.47. The fourth-order valence-corrected chi connectivity index (χ4v) is 6.30. The lowest BCUT2D eigenvalue weighted by Crippen LogP contribution is -2.64. The van der Waals surface area contributed by atoms with Gasteiger partial charge in [0, 0.05) is 13.0 Å². The van der Waals surface area contributed by atoms with Crippen LogP contribution in [-0.4, -0.2) is 98.9 Å². The Balaban J connectivity index is 2.51. The van der Waals surface area contributed by atoms with Gasteiger partial charge in [-0.15, -0.1) is 0 Å². The quantitative estimate of drug-likeness (QED) is 0.0208. The maximum Gasteiger partial charge on any atom is 0.472 e. The van der Waals surface area contributed by atoms with E-state index in [0.29, 0.717) is 19.4 Å². The van der Waals surface area contributed by atoms with Crippen molar-refractivity contribution in [1.82, 2.24) is 0 Å². The molecule has 0 radical (unpaired) electrons. The molecule has 0 aromatic rings. The first kappa shape index (κ1) is 48.1. The molecule has 0 bridgehead atoms. The zero-order valence-corrected chi connectivity index (χ0v) is 32.2. The molecule has 6 atom stereocenters. The molecule has 52 heavy (non-hydrogen) atoms. The summed E-state index contributed by atoms with van der Waals surface area (Å²) in [6.45, 7) is 4.01. The summed E-state index contributed by atoms with van der Waals surface area (Å²) < 4.78 is 33.8. The van der Waals surface area contributed by atoms with E-state index < -0.39 is 63.1 Å². The molecule has 6 N–H and O–H groups in total. The van der Waals surface area contributed by atoms with Crippen LogP contribution in [0.2, 0.25) is 0 Å². The Morgan fingerprint density at radius 1 is 0.635 bits per heavy atom. The summed E-state index contributed by atoms with van der Waals surface area (Å²) >= 11 is 0. The molecular weight excluding hydrogens is 691 g/mol. The number of rotatable bonds is 30. The van der Waals surface area contributed by atoms with Crippen molar-refractivity contribution in [2.45, 2.75) is 159 Å². The zero-order chi connectivity index (χ0) is 38.5. The third-order valence-corrected chi connectivity index (χ3v) is 9.39. The number of allylic oxidation sites excluding steroid dienone is 10. The number of hydrogen-bond donors (Lipinski definition) is 6. The highest BCUT2D eigenvalue weighted by Gasteiger charge is 2.51. The topological polar surface area (TPSA) is 192 Å². The van der Waals surface area contributed by atoms with Gasteiger partial charge >= 0.3 is 13.8 Å². The fourth-order valence-electron chi connectivity index (χ4n) is 5.33. The van der Waals surface area contributed by atoms with Gasteiger partial charge in [0.25, 0.3) is 0 Å². The van der Waals surface area contributed by atoms with Crippen molar-refractivity contribution >= 4 is 13.8 Å². The Bertz CT molecular complexity index is 1090. The van der Waals surface area contributed by atoms with E-state index >= 15 is 0 Å². The number of esters is 1. The number of hydrogen-bond acceptors (Lipinski definition) is 11. The van der Waals surface area contributed by atoms with Crippen molar-refractivity contribution < 1.29 is 58.3 Å². The highest BCUT2D eigenvalue weighted by atomic mass is 31.2. The number of carbonyl (C=O) groups excluding carboxylic acids is 1. The number of aliphatic hydroxyl groups is 5. The van der Waals surface area contributed by atoms with E-state index in [9.17, 15) is 39.8 Å². The molecular formula is C39H67O12P. The summed E-state index contributed by atoms with van der Waals surface area (Å²) in [7, 11) is -5.02. The van der Waals surface area contributed by atoms with E-state index in [2.05, 4.69) is 62.5 Å². The molecule has 300 valence electrons. The van der Waals surface area contributed by atoms with Crippen molar-refractivity contribution in [1.29, 1.82) is 0 Å². The van der Waals surface area contributed by atoms with Crippen molar-refractivity contribution in [2.75, 3.05) is 19.8 Å². The second kappa shape index (κ2) is 30.4. The molecule has 0 aromatic carbocycles. The number of unbranched alkanes of at least 4 members (excludes halogenated alkanes) is 8. The molecule has 1 aliphatic carbocycles. The number of ether oxygens (including phenoxy) is 2. The van der Waals surface area contributed by atoms with Crippen LogP contribution in [0.4, 0.5) is 0 Å². The van der Waals surface area contributed by atoms with Gasteiger partial charge in [-0.3, -0.25) is 13.8 Å². The number of carbonyl (C=O) groups is 1. The van der Waals surface area contributed by atoms with Gasteiger partial charge in [-0.2, -0.15) is 0 Å². The molecule has 6 unspecified atom stereocenters. The summed E-state index contributed by atoms with van der Waals surface area (Å²) in [5.41, 5.74) is 0. The highest BCUT2D eigenvalue weighted by molar-refractivity contribution is 7.47. The molecule has 1 saturated carbocycles. The van der Waals surface area contributed by atoms with Gasteiger partial charge in [0.2, 0.25) is 0 Å². The SMILES string of the molecule is CC/C=C\C/C=C\C/C=C\C/C=C\C/C=C\CCCC(=O)OC(COCCCCCCCCCC)COP(=O)(O)OC1C(O)C(O)C(O)C(O)C1O.